The number of non-ortho nitro benzene ring substituents is 1. The lowest BCUT2D eigenvalue weighted by Crippen LogP contribution is -2.16. The lowest BCUT2D eigenvalue weighted by Gasteiger charge is -2.13. The smallest absolute Gasteiger partial charge is 0.271 e. The zero-order chi connectivity index (χ0) is 74.4. The fourth-order valence-electron chi connectivity index (χ4n) is 9.49. The van der Waals surface area contributed by atoms with Gasteiger partial charge in [0.05, 0.1) is 43.0 Å². The van der Waals surface area contributed by atoms with E-state index in [2.05, 4.69) is 18.9 Å². The zero-order valence-electron chi connectivity index (χ0n) is 53.5. The molecule has 12 rings (SSSR count). The maximum atomic E-state index is 14.0. The molecule has 0 bridgehead atoms. The Morgan fingerprint density at radius 2 is 0.748 bits per heavy atom. The number of nitrogens with one attached hydrogen (secondary N) is 4. The molecule has 2 heterocycles. The van der Waals surface area contributed by atoms with Gasteiger partial charge in [0, 0.05) is 80.9 Å². The van der Waals surface area contributed by atoms with Crippen LogP contribution in [0, 0.1) is 29.8 Å². The summed E-state index contributed by atoms with van der Waals surface area (Å²) in [6.45, 7) is 3.66. The van der Waals surface area contributed by atoms with Crippen molar-refractivity contribution < 1.29 is 62.2 Å². The Kier molecular flexibility index (Phi) is 25.4. The minimum atomic E-state index is -4.18. The van der Waals surface area contributed by atoms with E-state index in [1.807, 2.05) is 13.8 Å². The minimum absolute atomic E-state index is 0.110. The van der Waals surface area contributed by atoms with Gasteiger partial charge in [0.15, 0.2) is 23.1 Å². The van der Waals surface area contributed by atoms with Gasteiger partial charge < -0.3 is 0 Å². The molecule has 0 spiro atoms. The van der Waals surface area contributed by atoms with E-state index in [0.29, 0.717) is 38.2 Å². The van der Waals surface area contributed by atoms with Crippen molar-refractivity contribution >= 4 is 161 Å². The second kappa shape index (κ2) is 33.9. The van der Waals surface area contributed by atoms with E-state index in [-0.39, 0.29) is 96.8 Å². The Balaban J connectivity index is 0.000000160. The SMILES string of the molecule is Cc1ccc(S(=O)(=O)Nc2ccc(Cl)cc2C(=O)c2ccccc2)s1.Cc1ccc(S(=O)(=O)Nc2ccc(Cl)cc2C(=O)c2ccccc2)s1.O=C(c1ccccc1)c1cc(Cl)ccc1NS(=O)(=O)C1=CCC=C1.O=C(c1ccccc1F)c1cc(Cl)ccc1NS(=O)(=O)c1ccc([N+](=O)[O-])cc1. The van der Waals surface area contributed by atoms with Gasteiger partial charge in [0.1, 0.15) is 14.2 Å². The first-order valence-electron chi connectivity index (χ1n) is 30.0. The van der Waals surface area contributed by atoms with Crippen LogP contribution in [0.4, 0.5) is 32.8 Å². The number of aryl methyl sites for hydroxylation is 2. The maximum absolute atomic E-state index is 14.0. The molecule has 0 amide bonds. The summed E-state index contributed by atoms with van der Waals surface area (Å²) in [5, 5.41) is 12.0. The van der Waals surface area contributed by atoms with E-state index in [0.717, 1.165) is 40.1 Å². The van der Waals surface area contributed by atoms with Gasteiger partial charge in [-0.2, -0.15) is 0 Å². The lowest BCUT2D eigenvalue weighted by atomic mass is 10.0. The number of nitrogens with zero attached hydrogens (tertiary/aromatic N) is 1. The second-order valence-electron chi connectivity index (χ2n) is 21.8. The van der Waals surface area contributed by atoms with Gasteiger partial charge in [0.25, 0.3) is 45.8 Å². The summed E-state index contributed by atoms with van der Waals surface area (Å²) in [5.74, 6) is -2.42. The average Bonchev–Trinajstić information content (AvgIpc) is 0.982. The molecular weight excluding hydrogens is 1520 g/mol. The molecule has 30 heteroatoms. The van der Waals surface area contributed by atoms with Crippen molar-refractivity contribution in [1.29, 1.82) is 0 Å². The molecule has 1 aliphatic carbocycles. The first-order valence-corrected chi connectivity index (χ1v) is 39.1. The van der Waals surface area contributed by atoms with E-state index in [9.17, 15) is 67.4 Å². The van der Waals surface area contributed by atoms with Crippen molar-refractivity contribution in [2.45, 2.75) is 33.6 Å². The number of benzene rings is 9. The first-order chi connectivity index (χ1) is 48.9. The van der Waals surface area contributed by atoms with Gasteiger partial charge in [0.2, 0.25) is 0 Å². The molecule has 1 aliphatic rings. The quantitative estimate of drug-likeness (QED) is 0.0295. The molecule has 0 atom stereocenters. The number of rotatable bonds is 21. The number of carbonyl (C=O) groups is 4. The standard InChI is InChI=1S/C19H12ClFN2O5S.2C18H14ClNO3S2.C18H14ClNO3S/c20-12-5-10-18(16(11-12)19(24)15-3-1-2-4-17(15)21)22-29(27,28)14-8-6-13(7-9-14)23(25)26;2*1-12-7-10-17(24-12)25(22,23)20-16-9-8-14(19)11-15(16)18(21)13-5-3-2-4-6-13;19-14-10-11-17(20-24(22,23)15-8-4-5-9-15)16(12-14)18(21)13-6-2-1-3-7-13/h1-11,22H;2*2-11,20H,1H3;1-4,6-12,20H,5H2. The fraction of sp³-hybridized carbons (Fsp3) is 0.0411. The van der Waals surface area contributed by atoms with Crippen LogP contribution in [0.3, 0.4) is 0 Å². The van der Waals surface area contributed by atoms with Crippen LogP contribution in [0.2, 0.25) is 20.1 Å². The van der Waals surface area contributed by atoms with Crippen LogP contribution in [-0.4, -0.2) is 61.7 Å². The number of allylic oxidation sites excluding steroid dienone is 3. The lowest BCUT2D eigenvalue weighted by molar-refractivity contribution is -0.384. The Morgan fingerprint density at radius 3 is 1.08 bits per heavy atom. The van der Waals surface area contributed by atoms with E-state index in [1.54, 1.807) is 133 Å². The van der Waals surface area contributed by atoms with Crippen LogP contribution in [0.1, 0.15) is 79.9 Å². The Hall–Kier alpha value is -9.97. The van der Waals surface area contributed by atoms with E-state index >= 15 is 0 Å². The van der Waals surface area contributed by atoms with Crippen molar-refractivity contribution in [2.75, 3.05) is 18.9 Å². The molecule has 0 aliphatic heterocycles. The van der Waals surface area contributed by atoms with Crippen molar-refractivity contribution in [2.24, 2.45) is 0 Å². The van der Waals surface area contributed by atoms with Gasteiger partial charge in [-0.25, -0.2) is 38.1 Å². The van der Waals surface area contributed by atoms with Crippen LogP contribution >= 0.6 is 69.1 Å². The number of nitro benzene ring substituents is 1. The Labute approximate surface area is 620 Å². The fourth-order valence-corrected chi connectivity index (χ4v) is 17.2. The molecule has 0 radical (unpaired) electrons. The summed E-state index contributed by atoms with van der Waals surface area (Å²) >= 11 is 26.3. The monoisotopic (exact) mass is 1580 g/mol. The third-order valence-electron chi connectivity index (χ3n) is 14.5. The van der Waals surface area contributed by atoms with Crippen LogP contribution in [0.25, 0.3) is 0 Å². The predicted molar refractivity (Wildman–Crippen MR) is 403 cm³/mol. The van der Waals surface area contributed by atoms with Crippen LogP contribution in [-0.2, 0) is 40.1 Å². The molecule has 19 nitrogen and oxygen atoms in total. The maximum Gasteiger partial charge on any atom is 0.271 e. The minimum Gasteiger partial charge on any atom is -0.289 e. The summed E-state index contributed by atoms with van der Waals surface area (Å²) in [7, 11) is -15.5. The molecule has 103 heavy (non-hydrogen) atoms. The van der Waals surface area contributed by atoms with E-state index in [4.69, 9.17) is 46.4 Å². The number of hydrogen-bond acceptors (Lipinski definition) is 16. The van der Waals surface area contributed by atoms with E-state index in [1.165, 1.54) is 114 Å². The second-order valence-corrected chi connectivity index (χ2v) is 33.3. The number of sulfonamides is 4. The molecule has 2 aromatic heterocycles. The number of anilines is 4. The van der Waals surface area contributed by atoms with Gasteiger partial charge in [-0.15, -0.1) is 22.7 Å². The number of hydrogen-bond donors (Lipinski definition) is 4. The molecule has 0 saturated carbocycles. The highest BCUT2D eigenvalue weighted by Gasteiger charge is 2.27. The van der Waals surface area contributed by atoms with Crippen molar-refractivity contribution in [3.8, 4) is 0 Å². The Morgan fingerprint density at radius 1 is 0.408 bits per heavy atom. The number of carbonyl (C=O) groups excluding carboxylic acids is 4. The Bertz CT molecular complexity index is 5430. The van der Waals surface area contributed by atoms with Gasteiger partial charge >= 0.3 is 0 Å². The van der Waals surface area contributed by atoms with Crippen molar-refractivity contribution in [3.63, 3.8) is 0 Å². The first kappa shape index (κ1) is 77.2. The molecule has 526 valence electrons. The van der Waals surface area contributed by atoms with Crippen LogP contribution in [0.15, 0.2) is 273 Å². The average molecular weight is 1580 g/mol. The number of ketones is 4. The highest BCUT2D eigenvalue weighted by atomic mass is 35.5. The molecule has 0 fully saturated rings. The zero-order valence-corrected chi connectivity index (χ0v) is 61.4. The molecular formula is C73H54Cl4FN5O14S6. The molecule has 11 aromatic rings. The third kappa shape index (κ3) is 20.2. The van der Waals surface area contributed by atoms with Crippen molar-refractivity contribution in [1.82, 2.24) is 0 Å². The normalized spacial score (nSPS) is 11.8. The third-order valence-corrected chi connectivity index (χ3v) is 23.9. The number of nitro groups is 1. The van der Waals surface area contributed by atoms with Gasteiger partial charge in [-0.05, 0) is 148 Å². The topological polar surface area (TPSA) is 296 Å². The highest BCUT2D eigenvalue weighted by Crippen LogP contribution is 2.33. The molecule has 9 aromatic carbocycles. The summed E-state index contributed by atoms with van der Waals surface area (Å²) in [6, 6.07) is 59.3. The highest BCUT2D eigenvalue weighted by molar-refractivity contribution is 7.96. The van der Waals surface area contributed by atoms with E-state index < -0.39 is 56.6 Å². The van der Waals surface area contributed by atoms with Gasteiger partial charge in [-0.3, -0.25) is 48.2 Å². The summed E-state index contributed by atoms with van der Waals surface area (Å²) < 4.78 is 125. The summed E-state index contributed by atoms with van der Waals surface area (Å²) in [6.07, 6.45) is 5.48. The molecule has 0 unspecified atom stereocenters. The van der Waals surface area contributed by atoms with Crippen molar-refractivity contribution in [3.05, 3.63) is 350 Å². The number of halogens is 5. The molecule has 0 saturated heterocycles. The molecule has 4 N–H and O–H groups in total. The largest absolute Gasteiger partial charge is 0.289 e. The van der Waals surface area contributed by atoms with Gasteiger partial charge in [-0.1, -0.05) is 162 Å². The summed E-state index contributed by atoms with van der Waals surface area (Å²) in [5.41, 5.74) is 1.81. The predicted octanol–water partition coefficient (Wildman–Crippen LogP) is 18.1. The summed E-state index contributed by atoms with van der Waals surface area (Å²) in [4.78, 5) is 62.8. The van der Waals surface area contributed by atoms with Crippen LogP contribution in [0.5, 0.6) is 0 Å². The van der Waals surface area contributed by atoms with Crippen LogP contribution < -0.4 is 18.9 Å². The number of thiophene rings is 2.